The van der Waals surface area contributed by atoms with Gasteiger partial charge in [-0.25, -0.2) is 4.98 Å². The third-order valence-electron chi connectivity index (χ3n) is 3.44. The second-order valence-corrected chi connectivity index (χ2v) is 5.87. The van der Waals surface area contributed by atoms with Gasteiger partial charge in [0.15, 0.2) is 11.5 Å². The summed E-state index contributed by atoms with van der Waals surface area (Å²) in [6.45, 7) is 4.07. The molecule has 122 valence electrons. The Bertz CT molecular complexity index is 745. The fraction of sp³-hybridized carbons (Fsp3) is 0.353. The maximum atomic E-state index is 12.2. The van der Waals surface area contributed by atoms with Crippen LogP contribution in [0.4, 0.5) is 11.5 Å². The van der Waals surface area contributed by atoms with E-state index in [1.165, 1.54) is 17.5 Å². The zero-order chi connectivity index (χ0) is 17.0. The fourth-order valence-electron chi connectivity index (χ4n) is 2.52. The van der Waals surface area contributed by atoms with Crippen molar-refractivity contribution < 1.29 is 4.79 Å². The Morgan fingerprint density at radius 3 is 2.48 bits per heavy atom. The number of amides is 1. The largest absolute Gasteiger partial charge is 0.361 e. The molecule has 0 saturated heterocycles. The Kier molecular flexibility index (Phi) is 5.16. The van der Waals surface area contributed by atoms with Gasteiger partial charge in [-0.05, 0) is 25.8 Å². The Morgan fingerprint density at radius 2 is 1.87 bits per heavy atom. The monoisotopic (exact) mass is 314 g/mol. The van der Waals surface area contributed by atoms with Crippen LogP contribution in [0.3, 0.4) is 0 Å². The van der Waals surface area contributed by atoms with Gasteiger partial charge in [0.1, 0.15) is 0 Å². The third kappa shape index (κ3) is 4.42. The molecule has 2 aromatic rings. The number of carbonyl (C=O) groups excluding carboxylic acids is 1. The second-order valence-electron chi connectivity index (χ2n) is 5.87. The van der Waals surface area contributed by atoms with Crippen molar-refractivity contribution in [2.75, 3.05) is 24.3 Å². The summed E-state index contributed by atoms with van der Waals surface area (Å²) in [5, 5.41) is 2.67. The van der Waals surface area contributed by atoms with E-state index < -0.39 is 0 Å². The fourth-order valence-corrected chi connectivity index (χ4v) is 2.52. The maximum Gasteiger partial charge on any atom is 0.276 e. The SMILES string of the molecule is Cc1cc(C)cc(CCC(=O)Nc2c(N(C)C)nc[nH]c2=O)c1. The van der Waals surface area contributed by atoms with Crippen LogP contribution < -0.4 is 15.8 Å². The van der Waals surface area contributed by atoms with Gasteiger partial charge in [-0.15, -0.1) is 0 Å². The maximum absolute atomic E-state index is 12.2. The highest BCUT2D eigenvalue weighted by atomic mass is 16.2. The number of carbonyl (C=O) groups is 1. The normalized spacial score (nSPS) is 10.4. The quantitative estimate of drug-likeness (QED) is 0.885. The summed E-state index contributed by atoms with van der Waals surface area (Å²) in [5.74, 6) is 0.235. The molecule has 1 aromatic heterocycles. The summed E-state index contributed by atoms with van der Waals surface area (Å²) in [5.41, 5.74) is 3.30. The number of nitrogens with one attached hydrogen (secondary N) is 2. The minimum atomic E-state index is -0.358. The van der Waals surface area contributed by atoms with E-state index in [4.69, 9.17) is 0 Å². The van der Waals surface area contributed by atoms with E-state index in [0.29, 0.717) is 18.7 Å². The average Bonchev–Trinajstić information content (AvgIpc) is 2.46. The molecule has 2 rings (SSSR count). The molecule has 0 atom stereocenters. The van der Waals surface area contributed by atoms with Crippen LogP contribution in [-0.4, -0.2) is 30.0 Å². The lowest BCUT2D eigenvalue weighted by Crippen LogP contribution is -2.25. The van der Waals surface area contributed by atoms with Gasteiger partial charge < -0.3 is 15.2 Å². The molecular weight excluding hydrogens is 292 g/mol. The predicted molar refractivity (Wildman–Crippen MR) is 92.1 cm³/mol. The van der Waals surface area contributed by atoms with Crippen LogP contribution in [0, 0.1) is 13.8 Å². The first-order valence-corrected chi connectivity index (χ1v) is 7.49. The van der Waals surface area contributed by atoms with Crippen LogP contribution in [0.15, 0.2) is 29.3 Å². The molecule has 0 saturated carbocycles. The summed E-state index contributed by atoms with van der Waals surface area (Å²) in [7, 11) is 3.54. The highest BCUT2D eigenvalue weighted by molar-refractivity contribution is 5.93. The number of benzene rings is 1. The lowest BCUT2D eigenvalue weighted by Gasteiger charge is -2.15. The van der Waals surface area contributed by atoms with Crippen molar-refractivity contribution in [3.63, 3.8) is 0 Å². The van der Waals surface area contributed by atoms with Gasteiger partial charge in [0, 0.05) is 20.5 Å². The molecule has 1 heterocycles. The van der Waals surface area contributed by atoms with E-state index in [1.54, 1.807) is 19.0 Å². The number of aromatic amines is 1. The predicted octanol–water partition coefficient (Wildman–Crippen LogP) is 2.02. The van der Waals surface area contributed by atoms with E-state index in [9.17, 15) is 9.59 Å². The molecule has 0 aliphatic carbocycles. The molecule has 0 radical (unpaired) electrons. The average molecular weight is 314 g/mol. The van der Waals surface area contributed by atoms with E-state index in [2.05, 4.69) is 33.5 Å². The number of rotatable bonds is 5. The summed E-state index contributed by atoms with van der Waals surface area (Å²) in [6.07, 6.45) is 2.26. The minimum Gasteiger partial charge on any atom is -0.361 e. The number of nitrogens with zero attached hydrogens (tertiary/aromatic N) is 2. The van der Waals surface area contributed by atoms with Crippen molar-refractivity contribution in [2.45, 2.75) is 26.7 Å². The Hall–Kier alpha value is -2.63. The first-order valence-electron chi connectivity index (χ1n) is 7.49. The lowest BCUT2D eigenvalue weighted by atomic mass is 10.0. The first kappa shape index (κ1) is 16.7. The summed E-state index contributed by atoms with van der Waals surface area (Å²) >= 11 is 0. The standard InChI is InChI=1S/C17H22N4O2/c1-11-7-12(2)9-13(8-11)5-6-14(22)20-15-16(21(3)4)18-10-19-17(15)23/h7-10H,5-6H2,1-4H3,(H,20,22)(H,18,19,23). The number of aryl methyl sites for hydroxylation is 3. The highest BCUT2D eigenvalue weighted by Crippen LogP contribution is 2.16. The van der Waals surface area contributed by atoms with E-state index in [1.807, 2.05) is 13.8 Å². The number of anilines is 2. The minimum absolute atomic E-state index is 0.183. The molecule has 0 unspecified atom stereocenters. The van der Waals surface area contributed by atoms with Gasteiger partial charge in [-0.1, -0.05) is 29.3 Å². The van der Waals surface area contributed by atoms with Crippen LogP contribution in [0.2, 0.25) is 0 Å². The molecule has 2 N–H and O–H groups in total. The molecule has 0 fully saturated rings. The van der Waals surface area contributed by atoms with Crippen molar-refractivity contribution >= 4 is 17.4 Å². The van der Waals surface area contributed by atoms with Crippen LogP contribution in [0.1, 0.15) is 23.1 Å². The number of H-pyrrole nitrogens is 1. The van der Waals surface area contributed by atoms with Gasteiger partial charge in [0.05, 0.1) is 6.33 Å². The topological polar surface area (TPSA) is 78.1 Å². The highest BCUT2D eigenvalue weighted by Gasteiger charge is 2.13. The molecule has 23 heavy (non-hydrogen) atoms. The molecule has 1 aromatic carbocycles. The van der Waals surface area contributed by atoms with Crippen molar-refractivity contribution in [3.05, 3.63) is 51.6 Å². The van der Waals surface area contributed by atoms with Gasteiger partial charge in [-0.2, -0.15) is 0 Å². The molecule has 0 aliphatic rings. The third-order valence-corrected chi connectivity index (χ3v) is 3.44. The smallest absolute Gasteiger partial charge is 0.276 e. The summed E-state index contributed by atoms with van der Waals surface area (Å²) < 4.78 is 0. The van der Waals surface area contributed by atoms with Crippen molar-refractivity contribution in [1.82, 2.24) is 9.97 Å². The van der Waals surface area contributed by atoms with Crippen LogP contribution >= 0.6 is 0 Å². The second kappa shape index (κ2) is 7.09. The van der Waals surface area contributed by atoms with Crippen molar-refractivity contribution in [2.24, 2.45) is 0 Å². The Balaban J connectivity index is 2.07. The van der Waals surface area contributed by atoms with Gasteiger partial charge >= 0.3 is 0 Å². The van der Waals surface area contributed by atoms with Gasteiger partial charge in [0.2, 0.25) is 5.91 Å². The van der Waals surface area contributed by atoms with Crippen LogP contribution in [-0.2, 0) is 11.2 Å². The number of hydrogen-bond donors (Lipinski definition) is 2. The Labute approximate surface area is 135 Å². The molecule has 0 bridgehead atoms. The molecule has 0 spiro atoms. The van der Waals surface area contributed by atoms with E-state index >= 15 is 0 Å². The Morgan fingerprint density at radius 1 is 1.22 bits per heavy atom. The molecule has 1 amide bonds. The number of aromatic nitrogens is 2. The van der Waals surface area contributed by atoms with Crippen molar-refractivity contribution in [1.29, 1.82) is 0 Å². The first-order chi connectivity index (χ1) is 10.9. The number of hydrogen-bond acceptors (Lipinski definition) is 4. The van der Waals surface area contributed by atoms with Crippen molar-refractivity contribution in [3.8, 4) is 0 Å². The lowest BCUT2D eigenvalue weighted by molar-refractivity contribution is -0.116. The zero-order valence-electron chi connectivity index (χ0n) is 13.9. The van der Waals surface area contributed by atoms with Gasteiger partial charge in [-0.3, -0.25) is 9.59 Å². The van der Waals surface area contributed by atoms with Gasteiger partial charge in [0.25, 0.3) is 5.56 Å². The van der Waals surface area contributed by atoms with Crippen LogP contribution in [0.5, 0.6) is 0 Å². The van der Waals surface area contributed by atoms with E-state index in [-0.39, 0.29) is 17.2 Å². The van der Waals surface area contributed by atoms with E-state index in [0.717, 1.165) is 5.56 Å². The molecular formula is C17H22N4O2. The zero-order valence-corrected chi connectivity index (χ0v) is 13.9. The summed E-state index contributed by atoms with van der Waals surface area (Å²) in [6, 6.07) is 6.24. The van der Waals surface area contributed by atoms with Crippen LogP contribution in [0.25, 0.3) is 0 Å². The molecule has 6 nitrogen and oxygen atoms in total. The summed E-state index contributed by atoms with van der Waals surface area (Å²) in [4.78, 5) is 32.3. The molecule has 0 aliphatic heterocycles. The molecule has 6 heteroatoms.